The van der Waals surface area contributed by atoms with Crippen molar-refractivity contribution in [1.29, 1.82) is 0 Å². The smallest absolute Gasteiger partial charge is 0.274 e. The van der Waals surface area contributed by atoms with Crippen LogP contribution in [0.1, 0.15) is 23.3 Å². The summed E-state index contributed by atoms with van der Waals surface area (Å²) in [4.78, 5) is 14.4. The molecule has 29 heavy (non-hydrogen) atoms. The van der Waals surface area contributed by atoms with Gasteiger partial charge >= 0.3 is 0 Å². The minimum atomic E-state index is -0.444. The molecule has 1 amide bonds. The van der Waals surface area contributed by atoms with E-state index < -0.39 is 6.10 Å². The molecule has 0 unspecified atom stereocenters. The Morgan fingerprint density at radius 2 is 1.83 bits per heavy atom. The Labute approximate surface area is 168 Å². The first-order valence-corrected chi connectivity index (χ1v) is 9.89. The van der Waals surface area contributed by atoms with E-state index in [9.17, 15) is 9.90 Å². The van der Waals surface area contributed by atoms with Gasteiger partial charge in [-0.25, -0.2) is 4.68 Å². The zero-order chi connectivity index (χ0) is 19.8. The summed E-state index contributed by atoms with van der Waals surface area (Å²) in [5, 5.41) is 14.4. The second-order valence-corrected chi connectivity index (χ2v) is 7.46. The Hall–Kier alpha value is -3.38. The Kier molecular flexibility index (Phi) is 4.41. The average Bonchev–Trinajstić information content (AvgIpc) is 3.40. The Morgan fingerprint density at radius 3 is 2.66 bits per heavy atom. The predicted octanol–water partition coefficient (Wildman–Crippen LogP) is 3.39. The Balaban J connectivity index is 1.48. The lowest BCUT2D eigenvalue weighted by Crippen LogP contribution is -2.42. The van der Waals surface area contributed by atoms with Crippen LogP contribution >= 0.6 is 0 Å². The molecule has 1 aliphatic rings. The molecule has 1 aromatic carbocycles. The first-order valence-electron chi connectivity index (χ1n) is 9.89. The number of fused-ring (bicyclic) bond motifs is 1. The molecule has 0 bridgehead atoms. The molecule has 146 valence electrons. The number of carbonyl (C=O) groups excluding carboxylic acids is 1. The molecular weight excluding hydrogens is 364 g/mol. The van der Waals surface area contributed by atoms with E-state index in [2.05, 4.69) is 40.0 Å². The van der Waals surface area contributed by atoms with Gasteiger partial charge in [-0.2, -0.15) is 5.10 Å². The highest BCUT2D eigenvalue weighted by Crippen LogP contribution is 2.23. The zero-order valence-electron chi connectivity index (χ0n) is 16.0. The topological polar surface area (TPSA) is 62.8 Å². The summed E-state index contributed by atoms with van der Waals surface area (Å²) in [5.74, 6) is 0.740. The third-order valence-corrected chi connectivity index (χ3v) is 5.46. The summed E-state index contributed by atoms with van der Waals surface area (Å²) >= 11 is 0. The zero-order valence-corrected chi connectivity index (χ0v) is 16.0. The van der Waals surface area contributed by atoms with Gasteiger partial charge in [0.2, 0.25) is 0 Å². The fourth-order valence-corrected chi connectivity index (χ4v) is 3.94. The number of carbonyl (C=O) groups is 1. The molecule has 3 aromatic heterocycles. The third kappa shape index (κ3) is 3.32. The van der Waals surface area contributed by atoms with Crippen LogP contribution in [0.2, 0.25) is 0 Å². The fraction of sp³-hybridized carbons (Fsp3) is 0.217. The number of rotatable bonds is 3. The van der Waals surface area contributed by atoms with Gasteiger partial charge in [0.25, 0.3) is 5.91 Å². The van der Waals surface area contributed by atoms with Crippen LogP contribution < -0.4 is 0 Å². The van der Waals surface area contributed by atoms with E-state index in [1.165, 1.54) is 0 Å². The number of hydrogen-bond donors (Lipinski definition) is 1. The van der Waals surface area contributed by atoms with Crippen LogP contribution in [0.3, 0.4) is 0 Å². The number of piperidine rings is 1. The molecule has 0 saturated carbocycles. The van der Waals surface area contributed by atoms with Crippen LogP contribution in [-0.4, -0.2) is 49.3 Å². The SMILES string of the molecule is O=C(c1ccn(-c2ccc3ccc(-c4ccccc4)cn23)n1)N1CCC[C@@H](O)C1. The predicted molar refractivity (Wildman–Crippen MR) is 111 cm³/mol. The van der Waals surface area contributed by atoms with Crippen molar-refractivity contribution in [2.75, 3.05) is 13.1 Å². The molecule has 0 spiro atoms. The van der Waals surface area contributed by atoms with Crippen molar-refractivity contribution in [1.82, 2.24) is 19.1 Å². The first-order chi connectivity index (χ1) is 14.2. The van der Waals surface area contributed by atoms with E-state index >= 15 is 0 Å². The molecule has 6 nitrogen and oxygen atoms in total. The summed E-state index contributed by atoms with van der Waals surface area (Å²) in [5.41, 5.74) is 3.71. The molecular formula is C23H22N4O2. The minimum Gasteiger partial charge on any atom is -0.391 e. The third-order valence-electron chi connectivity index (χ3n) is 5.46. The molecule has 1 N–H and O–H groups in total. The molecule has 0 aliphatic carbocycles. The van der Waals surface area contributed by atoms with Crippen molar-refractivity contribution in [3.63, 3.8) is 0 Å². The van der Waals surface area contributed by atoms with Gasteiger partial charge < -0.3 is 14.4 Å². The number of likely N-dealkylation sites (tertiary alicyclic amines) is 1. The van der Waals surface area contributed by atoms with E-state index in [0.29, 0.717) is 18.8 Å². The van der Waals surface area contributed by atoms with Crippen molar-refractivity contribution in [3.8, 4) is 16.9 Å². The molecule has 0 radical (unpaired) electrons. The van der Waals surface area contributed by atoms with Crippen LogP contribution in [0.5, 0.6) is 0 Å². The molecule has 4 aromatic rings. The number of benzene rings is 1. The number of hydrogen-bond acceptors (Lipinski definition) is 3. The number of aromatic nitrogens is 3. The van der Waals surface area contributed by atoms with E-state index in [-0.39, 0.29) is 5.91 Å². The van der Waals surface area contributed by atoms with Crippen molar-refractivity contribution < 1.29 is 9.90 Å². The summed E-state index contributed by atoms with van der Waals surface area (Å²) in [6.45, 7) is 1.04. The number of aliphatic hydroxyl groups excluding tert-OH is 1. The number of aliphatic hydroxyl groups is 1. The normalized spacial score (nSPS) is 17.0. The van der Waals surface area contributed by atoms with Crippen molar-refractivity contribution in [2.24, 2.45) is 0 Å². The van der Waals surface area contributed by atoms with Gasteiger partial charge in [0, 0.05) is 31.0 Å². The molecule has 1 fully saturated rings. The Morgan fingerprint density at radius 1 is 1.00 bits per heavy atom. The van der Waals surface area contributed by atoms with Crippen LogP contribution in [0, 0.1) is 0 Å². The summed E-state index contributed by atoms with van der Waals surface area (Å²) < 4.78 is 3.81. The number of amides is 1. The molecule has 1 atom stereocenters. The average molecular weight is 386 g/mol. The van der Waals surface area contributed by atoms with Gasteiger partial charge in [0.15, 0.2) is 5.69 Å². The van der Waals surface area contributed by atoms with Gasteiger partial charge in [0.1, 0.15) is 5.82 Å². The summed E-state index contributed by atoms with van der Waals surface area (Å²) in [6.07, 6.45) is 5.02. The van der Waals surface area contributed by atoms with Gasteiger partial charge in [0.05, 0.1) is 6.10 Å². The van der Waals surface area contributed by atoms with Gasteiger partial charge in [-0.3, -0.25) is 4.79 Å². The molecule has 5 rings (SSSR count). The van der Waals surface area contributed by atoms with Crippen LogP contribution in [0.4, 0.5) is 0 Å². The summed E-state index contributed by atoms with van der Waals surface area (Å²) in [6, 6.07) is 20.2. The highest BCUT2D eigenvalue weighted by molar-refractivity contribution is 5.92. The van der Waals surface area contributed by atoms with Crippen molar-refractivity contribution in [3.05, 3.63) is 78.8 Å². The second-order valence-electron chi connectivity index (χ2n) is 7.46. The Bertz CT molecular complexity index is 1160. The number of pyridine rings is 1. The standard InChI is InChI=1S/C23H22N4O2/c28-20-7-4-13-25(16-20)23(29)21-12-14-27(24-21)22-11-10-19-9-8-18(15-26(19)22)17-5-2-1-3-6-17/h1-3,5-6,8-12,14-15,20,28H,4,7,13,16H2/t20-/m1/s1. The second kappa shape index (κ2) is 7.22. The number of nitrogens with zero attached hydrogens (tertiary/aromatic N) is 4. The molecule has 6 heteroatoms. The minimum absolute atomic E-state index is 0.131. The maximum Gasteiger partial charge on any atom is 0.274 e. The van der Waals surface area contributed by atoms with Crippen LogP contribution in [-0.2, 0) is 0 Å². The van der Waals surface area contributed by atoms with E-state index in [4.69, 9.17) is 0 Å². The highest BCUT2D eigenvalue weighted by atomic mass is 16.3. The number of β-amino-alcohol motifs (C(OH)–C–C–N with tert-alkyl or cyclic N) is 1. The molecule has 1 aliphatic heterocycles. The van der Waals surface area contributed by atoms with Gasteiger partial charge in [-0.15, -0.1) is 0 Å². The van der Waals surface area contributed by atoms with E-state index in [0.717, 1.165) is 35.3 Å². The fourth-order valence-electron chi connectivity index (χ4n) is 3.94. The van der Waals surface area contributed by atoms with Crippen molar-refractivity contribution >= 4 is 11.4 Å². The van der Waals surface area contributed by atoms with Crippen LogP contribution in [0.25, 0.3) is 22.5 Å². The lowest BCUT2D eigenvalue weighted by atomic mass is 10.1. The van der Waals surface area contributed by atoms with Crippen molar-refractivity contribution in [2.45, 2.75) is 18.9 Å². The van der Waals surface area contributed by atoms with Gasteiger partial charge in [-0.1, -0.05) is 36.4 Å². The molecule has 4 heterocycles. The lowest BCUT2D eigenvalue weighted by Gasteiger charge is -2.29. The first kappa shape index (κ1) is 17.7. The van der Waals surface area contributed by atoms with Gasteiger partial charge in [-0.05, 0) is 48.2 Å². The van der Waals surface area contributed by atoms with Crippen LogP contribution in [0.15, 0.2) is 73.1 Å². The molecule has 1 saturated heterocycles. The largest absolute Gasteiger partial charge is 0.391 e. The maximum absolute atomic E-state index is 12.8. The quantitative estimate of drug-likeness (QED) is 0.587. The maximum atomic E-state index is 12.8. The van der Waals surface area contributed by atoms with E-state index in [1.54, 1.807) is 15.6 Å². The lowest BCUT2D eigenvalue weighted by molar-refractivity contribution is 0.0468. The summed E-state index contributed by atoms with van der Waals surface area (Å²) in [7, 11) is 0. The monoisotopic (exact) mass is 386 g/mol. The highest BCUT2D eigenvalue weighted by Gasteiger charge is 2.24. The van der Waals surface area contributed by atoms with E-state index in [1.807, 2.05) is 36.5 Å².